The van der Waals surface area contributed by atoms with E-state index in [2.05, 4.69) is 22.5 Å². The summed E-state index contributed by atoms with van der Waals surface area (Å²) >= 11 is 0. The van der Waals surface area contributed by atoms with Gasteiger partial charge in [-0.15, -0.1) is 0 Å². The van der Waals surface area contributed by atoms with Crippen molar-refractivity contribution in [2.45, 2.75) is 32.6 Å². The highest BCUT2D eigenvalue weighted by molar-refractivity contribution is 5.94. The van der Waals surface area contributed by atoms with E-state index in [0.29, 0.717) is 5.92 Å². The highest BCUT2D eigenvalue weighted by atomic mass is 16.2. The van der Waals surface area contributed by atoms with Crippen LogP contribution < -0.4 is 5.32 Å². The number of nitrogens with zero attached hydrogens (tertiary/aromatic N) is 2. The number of nitrogens with one attached hydrogen (secondary N) is 1. The van der Waals surface area contributed by atoms with Gasteiger partial charge in [-0.05, 0) is 55.2 Å². The average Bonchev–Trinajstić information content (AvgIpc) is 3.40. The van der Waals surface area contributed by atoms with Crippen molar-refractivity contribution >= 4 is 23.0 Å². The van der Waals surface area contributed by atoms with Gasteiger partial charge in [0.25, 0.3) is 0 Å². The molecule has 0 bridgehead atoms. The Labute approximate surface area is 143 Å². The Bertz CT molecular complexity index is 695. The number of hydrogen-bond donors (Lipinski definition) is 1. The van der Waals surface area contributed by atoms with Crippen LogP contribution in [-0.4, -0.2) is 5.91 Å². The van der Waals surface area contributed by atoms with E-state index in [4.69, 9.17) is 0 Å². The first-order chi connectivity index (χ1) is 11.8. The fourth-order valence-electron chi connectivity index (χ4n) is 2.81. The predicted octanol–water partition coefficient (Wildman–Crippen LogP) is 5.87. The SMILES string of the molecule is CCCCC1CC1C(=O)Nc1ccc(N=Nc2ccccc2)cc1. The number of carbonyl (C=O) groups is 1. The minimum atomic E-state index is 0.148. The Kier molecular flexibility index (Phi) is 5.36. The van der Waals surface area contributed by atoms with Crippen molar-refractivity contribution in [2.24, 2.45) is 22.1 Å². The number of unbranched alkanes of at least 4 members (excludes halogenated alkanes) is 1. The summed E-state index contributed by atoms with van der Waals surface area (Å²) in [6, 6.07) is 17.1. The van der Waals surface area contributed by atoms with Crippen molar-refractivity contribution in [1.82, 2.24) is 0 Å². The quantitative estimate of drug-likeness (QED) is 0.637. The molecule has 1 aliphatic rings. The Morgan fingerprint density at radius 1 is 1.04 bits per heavy atom. The first-order valence-electron chi connectivity index (χ1n) is 8.64. The molecular weight excluding hydrogens is 298 g/mol. The normalized spacial score (nSPS) is 19.4. The fraction of sp³-hybridized carbons (Fsp3) is 0.350. The van der Waals surface area contributed by atoms with Gasteiger partial charge in [-0.25, -0.2) is 0 Å². The van der Waals surface area contributed by atoms with E-state index in [1.807, 2.05) is 54.6 Å². The molecule has 1 fully saturated rings. The summed E-state index contributed by atoms with van der Waals surface area (Å²) in [5.41, 5.74) is 2.41. The van der Waals surface area contributed by atoms with Gasteiger partial charge >= 0.3 is 0 Å². The van der Waals surface area contributed by atoms with Crippen LogP contribution in [0.1, 0.15) is 32.6 Å². The number of benzene rings is 2. The second-order valence-corrected chi connectivity index (χ2v) is 6.32. The largest absolute Gasteiger partial charge is 0.326 e. The van der Waals surface area contributed by atoms with Crippen molar-refractivity contribution in [2.75, 3.05) is 5.32 Å². The smallest absolute Gasteiger partial charge is 0.227 e. The standard InChI is InChI=1S/C20H23N3O/c1-2-3-7-15-14-19(15)20(24)21-16-10-12-18(13-11-16)23-22-17-8-5-4-6-9-17/h4-6,8-13,15,19H,2-3,7,14H2,1H3,(H,21,24). The zero-order chi connectivity index (χ0) is 16.8. The molecule has 2 unspecified atom stereocenters. The zero-order valence-electron chi connectivity index (χ0n) is 14.0. The van der Waals surface area contributed by atoms with Gasteiger partial charge in [-0.2, -0.15) is 10.2 Å². The van der Waals surface area contributed by atoms with E-state index in [9.17, 15) is 4.79 Å². The Morgan fingerprint density at radius 3 is 2.38 bits per heavy atom. The molecule has 2 aromatic carbocycles. The van der Waals surface area contributed by atoms with Crippen LogP contribution in [0.5, 0.6) is 0 Å². The number of rotatable bonds is 7. The van der Waals surface area contributed by atoms with Crippen molar-refractivity contribution in [3.8, 4) is 0 Å². The minimum absolute atomic E-state index is 0.148. The topological polar surface area (TPSA) is 53.8 Å². The molecule has 4 heteroatoms. The van der Waals surface area contributed by atoms with Crippen molar-refractivity contribution in [1.29, 1.82) is 0 Å². The number of hydrogen-bond acceptors (Lipinski definition) is 3. The summed E-state index contributed by atoms with van der Waals surface area (Å²) in [4.78, 5) is 12.2. The third-order valence-electron chi connectivity index (χ3n) is 4.36. The van der Waals surface area contributed by atoms with Crippen LogP contribution >= 0.6 is 0 Å². The van der Waals surface area contributed by atoms with Gasteiger partial charge in [-0.1, -0.05) is 38.0 Å². The average molecular weight is 321 g/mol. The molecule has 1 N–H and O–H groups in total. The van der Waals surface area contributed by atoms with E-state index in [-0.39, 0.29) is 11.8 Å². The molecule has 3 rings (SSSR count). The summed E-state index contributed by atoms with van der Waals surface area (Å²) in [7, 11) is 0. The molecule has 24 heavy (non-hydrogen) atoms. The number of amides is 1. The van der Waals surface area contributed by atoms with E-state index >= 15 is 0 Å². The van der Waals surface area contributed by atoms with Crippen LogP contribution in [0.3, 0.4) is 0 Å². The maximum Gasteiger partial charge on any atom is 0.227 e. The van der Waals surface area contributed by atoms with Crippen LogP contribution in [0, 0.1) is 11.8 Å². The number of anilines is 1. The van der Waals surface area contributed by atoms with Crippen LogP contribution in [0.25, 0.3) is 0 Å². The van der Waals surface area contributed by atoms with Crippen LogP contribution in [0.15, 0.2) is 64.8 Å². The van der Waals surface area contributed by atoms with Gasteiger partial charge in [-0.3, -0.25) is 4.79 Å². The molecule has 4 nitrogen and oxygen atoms in total. The molecule has 1 saturated carbocycles. The monoisotopic (exact) mass is 321 g/mol. The molecule has 1 amide bonds. The molecule has 0 saturated heterocycles. The van der Waals surface area contributed by atoms with Gasteiger partial charge in [0.15, 0.2) is 0 Å². The lowest BCUT2D eigenvalue weighted by Crippen LogP contribution is -2.14. The van der Waals surface area contributed by atoms with Gasteiger partial charge in [0.05, 0.1) is 11.4 Å². The lowest BCUT2D eigenvalue weighted by Gasteiger charge is -2.05. The maximum absolute atomic E-state index is 12.2. The molecule has 0 aliphatic heterocycles. The lowest BCUT2D eigenvalue weighted by molar-refractivity contribution is -0.117. The zero-order valence-corrected chi connectivity index (χ0v) is 14.0. The van der Waals surface area contributed by atoms with Crippen molar-refractivity contribution < 1.29 is 4.79 Å². The first kappa shape index (κ1) is 16.4. The van der Waals surface area contributed by atoms with Gasteiger partial charge in [0.2, 0.25) is 5.91 Å². The summed E-state index contributed by atoms with van der Waals surface area (Å²) in [5, 5.41) is 11.4. The van der Waals surface area contributed by atoms with Crippen LogP contribution in [0.4, 0.5) is 17.1 Å². The summed E-state index contributed by atoms with van der Waals surface area (Å²) in [6.45, 7) is 2.19. The maximum atomic E-state index is 12.2. The van der Waals surface area contributed by atoms with Gasteiger partial charge in [0.1, 0.15) is 0 Å². The third kappa shape index (κ3) is 4.51. The number of carbonyl (C=O) groups excluding carboxylic acids is 1. The Hall–Kier alpha value is -2.49. The van der Waals surface area contributed by atoms with E-state index in [0.717, 1.165) is 23.5 Å². The molecule has 0 spiro atoms. The van der Waals surface area contributed by atoms with E-state index in [1.165, 1.54) is 19.3 Å². The third-order valence-corrected chi connectivity index (χ3v) is 4.36. The van der Waals surface area contributed by atoms with Crippen LogP contribution in [0.2, 0.25) is 0 Å². The highest BCUT2D eigenvalue weighted by Gasteiger charge is 2.41. The van der Waals surface area contributed by atoms with Crippen LogP contribution in [-0.2, 0) is 4.79 Å². The summed E-state index contributed by atoms with van der Waals surface area (Å²) in [6.07, 6.45) is 4.63. The minimum Gasteiger partial charge on any atom is -0.326 e. The molecule has 124 valence electrons. The van der Waals surface area contributed by atoms with E-state index in [1.54, 1.807) is 0 Å². The molecule has 2 atom stereocenters. The predicted molar refractivity (Wildman–Crippen MR) is 96.8 cm³/mol. The lowest BCUT2D eigenvalue weighted by atomic mass is 10.1. The molecule has 0 heterocycles. The second kappa shape index (κ2) is 7.86. The van der Waals surface area contributed by atoms with Crippen molar-refractivity contribution in [3.05, 3.63) is 54.6 Å². The first-order valence-corrected chi connectivity index (χ1v) is 8.64. The van der Waals surface area contributed by atoms with Crippen molar-refractivity contribution in [3.63, 3.8) is 0 Å². The van der Waals surface area contributed by atoms with Gasteiger partial charge < -0.3 is 5.32 Å². The Morgan fingerprint density at radius 2 is 1.71 bits per heavy atom. The molecule has 0 aromatic heterocycles. The fourth-order valence-corrected chi connectivity index (χ4v) is 2.81. The molecule has 2 aromatic rings. The molecular formula is C20H23N3O. The molecule has 0 radical (unpaired) electrons. The second-order valence-electron chi connectivity index (χ2n) is 6.32. The Balaban J connectivity index is 1.52. The highest BCUT2D eigenvalue weighted by Crippen LogP contribution is 2.43. The number of azo groups is 1. The van der Waals surface area contributed by atoms with Gasteiger partial charge in [0, 0.05) is 11.6 Å². The summed E-state index contributed by atoms with van der Waals surface area (Å²) < 4.78 is 0. The van der Waals surface area contributed by atoms with E-state index < -0.39 is 0 Å². The molecule has 1 aliphatic carbocycles. The summed E-state index contributed by atoms with van der Waals surface area (Å²) in [5.74, 6) is 0.938.